The van der Waals surface area contributed by atoms with E-state index in [9.17, 15) is 5.26 Å². The summed E-state index contributed by atoms with van der Waals surface area (Å²) < 4.78 is 23.9. The quantitative estimate of drug-likeness (QED) is 0.0616. The summed E-state index contributed by atoms with van der Waals surface area (Å²) >= 11 is 1.19. The van der Waals surface area contributed by atoms with Crippen LogP contribution in [0.3, 0.4) is 0 Å². The molecule has 1 aromatic heterocycles. The molecular formula is C32H49N6O4S+. The number of quaternary nitrogens is 1. The van der Waals surface area contributed by atoms with E-state index in [1.54, 1.807) is 6.92 Å². The van der Waals surface area contributed by atoms with E-state index in [1.807, 2.05) is 19.1 Å². The van der Waals surface area contributed by atoms with Gasteiger partial charge in [0.2, 0.25) is 5.00 Å². The van der Waals surface area contributed by atoms with E-state index in [1.165, 1.54) is 11.3 Å². The molecule has 11 heteroatoms. The van der Waals surface area contributed by atoms with Crippen molar-refractivity contribution in [3.63, 3.8) is 0 Å². The zero-order valence-corrected chi connectivity index (χ0v) is 27.7. The number of aryl methyl sites for hydroxylation is 1. The molecule has 1 aromatic carbocycles. The number of azo groups is 1. The van der Waals surface area contributed by atoms with E-state index in [2.05, 4.69) is 59.8 Å². The molecule has 0 spiro atoms. The predicted octanol–water partition coefficient (Wildman–Crippen LogP) is 6.97. The Morgan fingerprint density at radius 1 is 0.884 bits per heavy atom. The summed E-state index contributed by atoms with van der Waals surface area (Å²) in [5, 5.41) is 19.0. The molecule has 0 unspecified atom stereocenters. The number of nitrogens with zero attached hydrogens (tertiary/aromatic N) is 6. The Morgan fingerprint density at radius 2 is 1.47 bits per heavy atom. The summed E-state index contributed by atoms with van der Waals surface area (Å²) in [6.45, 7) is 30.7. The maximum absolute atomic E-state index is 9.43. The third-order valence-electron chi connectivity index (χ3n) is 7.84. The first-order valence-corrected chi connectivity index (χ1v) is 16.0. The maximum atomic E-state index is 9.43. The third-order valence-corrected chi connectivity index (χ3v) is 8.91. The Balaban J connectivity index is 1.62. The van der Waals surface area contributed by atoms with Crippen molar-refractivity contribution in [2.24, 2.45) is 10.2 Å². The molecular weight excluding hydrogens is 564 g/mol. The van der Waals surface area contributed by atoms with Crippen LogP contribution in [-0.2, 0) is 18.9 Å². The van der Waals surface area contributed by atoms with Crippen molar-refractivity contribution < 1.29 is 23.4 Å². The van der Waals surface area contributed by atoms with Crippen LogP contribution in [0.5, 0.6) is 0 Å². The smallest absolute Gasteiger partial charge is 0.247 e. The van der Waals surface area contributed by atoms with Crippen LogP contribution in [0, 0.1) is 31.8 Å². The summed E-state index contributed by atoms with van der Waals surface area (Å²) in [6.07, 6.45) is 0. The number of nitriles is 1. The largest absolute Gasteiger partial charge is 0.377 e. The van der Waals surface area contributed by atoms with E-state index in [4.69, 9.17) is 25.5 Å². The van der Waals surface area contributed by atoms with Gasteiger partial charge in [0.25, 0.3) is 0 Å². The molecule has 0 N–H and O–H groups in total. The Kier molecular flexibility index (Phi) is 17.0. The third kappa shape index (κ3) is 11.6. The predicted molar refractivity (Wildman–Crippen MR) is 173 cm³/mol. The van der Waals surface area contributed by atoms with Gasteiger partial charge >= 0.3 is 0 Å². The van der Waals surface area contributed by atoms with E-state index < -0.39 is 0 Å². The minimum absolute atomic E-state index is 0.415. The van der Waals surface area contributed by atoms with E-state index in [0.717, 1.165) is 67.3 Å². The van der Waals surface area contributed by atoms with Crippen LogP contribution in [0.15, 0.2) is 28.4 Å². The van der Waals surface area contributed by atoms with Gasteiger partial charge in [-0.2, -0.15) is 5.26 Å². The van der Waals surface area contributed by atoms with Crippen molar-refractivity contribution in [3.8, 4) is 6.07 Å². The van der Waals surface area contributed by atoms with Crippen molar-refractivity contribution >= 4 is 32.7 Å². The van der Waals surface area contributed by atoms with Gasteiger partial charge in [-0.25, -0.2) is 4.85 Å². The van der Waals surface area contributed by atoms with Crippen LogP contribution in [0.1, 0.15) is 44.4 Å². The highest BCUT2D eigenvalue weighted by Gasteiger charge is 2.19. The molecule has 0 saturated heterocycles. The number of thiophene rings is 1. The number of rotatable bonds is 22. The van der Waals surface area contributed by atoms with Gasteiger partial charge in [0.05, 0.1) is 90.3 Å². The van der Waals surface area contributed by atoms with Gasteiger partial charge in [-0.15, -0.1) is 21.6 Å². The Hall–Kier alpha value is -2.90. The zero-order valence-electron chi connectivity index (χ0n) is 26.9. The first kappa shape index (κ1) is 36.3. The molecule has 1 heterocycles. The summed E-state index contributed by atoms with van der Waals surface area (Å²) in [5.41, 5.74) is 3.86. The molecule has 0 aliphatic heterocycles. The van der Waals surface area contributed by atoms with E-state index in [0.29, 0.717) is 67.4 Å². The van der Waals surface area contributed by atoms with Crippen LogP contribution >= 0.6 is 11.3 Å². The van der Waals surface area contributed by atoms with E-state index in [-0.39, 0.29) is 0 Å². The van der Waals surface area contributed by atoms with Crippen molar-refractivity contribution in [3.05, 3.63) is 46.3 Å². The van der Waals surface area contributed by atoms with Gasteiger partial charge < -0.3 is 28.3 Å². The highest BCUT2D eigenvalue weighted by atomic mass is 32.1. The fourth-order valence-electron chi connectivity index (χ4n) is 4.65. The minimum Gasteiger partial charge on any atom is -0.377 e. The monoisotopic (exact) mass is 613 g/mol. The van der Waals surface area contributed by atoms with Crippen LogP contribution < -0.4 is 4.90 Å². The van der Waals surface area contributed by atoms with Crippen LogP contribution in [0.4, 0.5) is 21.4 Å². The molecule has 10 nitrogen and oxygen atoms in total. The second-order valence-corrected chi connectivity index (χ2v) is 11.1. The second-order valence-electron chi connectivity index (χ2n) is 10.1. The van der Waals surface area contributed by atoms with Crippen molar-refractivity contribution in [1.29, 1.82) is 5.26 Å². The molecule has 0 amide bonds. The second kappa shape index (κ2) is 20.1. The van der Waals surface area contributed by atoms with Gasteiger partial charge in [-0.3, -0.25) is 0 Å². The number of anilines is 1. The number of hydrogen-bond donors (Lipinski definition) is 0. The molecule has 0 atom stereocenters. The lowest BCUT2D eigenvalue weighted by atomic mass is 10.1. The highest BCUT2D eigenvalue weighted by molar-refractivity contribution is 7.20. The fraction of sp³-hybridized carbons (Fsp3) is 0.625. The van der Waals surface area contributed by atoms with Crippen LogP contribution in [-0.4, -0.2) is 96.6 Å². The summed E-state index contributed by atoms with van der Waals surface area (Å²) in [7, 11) is 0. The minimum atomic E-state index is 0.415. The molecule has 2 aromatic rings. The highest BCUT2D eigenvalue weighted by Crippen LogP contribution is 2.41. The first-order valence-electron chi connectivity index (χ1n) is 15.2. The van der Waals surface area contributed by atoms with E-state index >= 15 is 0 Å². The molecule has 0 saturated carbocycles. The summed E-state index contributed by atoms with van der Waals surface area (Å²) in [4.78, 5) is 5.72. The topological polar surface area (TPSA) is 93.0 Å². The number of hydrogen-bond acceptors (Lipinski definition) is 9. The fourth-order valence-corrected chi connectivity index (χ4v) is 5.52. The number of benzene rings is 1. The SMILES string of the molecule is [C-]#[N+]c1sc(N=Nc2ccc(N(CC)CCOCCOCCOCCOCC[N+](CC)(CC)CC)cc2C)c(C#N)c1C. The lowest BCUT2D eigenvalue weighted by Gasteiger charge is -2.35. The van der Waals surface area contributed by atoms with Gasteiger partial charge in [0.1, 0.15) is 17.6 Å². The lowest BCUT2D eigenvalue weighted by Crippen LogP contribution is -2.49. The van der Waals surface area contributed by atoms with Crippen LogP contribution in [0.2, 0.25) is 0 Å². The van der Waals surface area contributed by atoms with Gasteiger partial charge in [0, 0.05) is 18.8 Å². The standard InChI is InChI=1S/C32H49N6O4S/c1-8-37(14-16-39-18-20-41-22-23-42-21-19-40-17-15-38(9-2,10-3)11-4)28-12-13-30(26(5)24-28)35-36-32-29(25-33)27(6)31(34-7)43-32/h12-13,24H,8-11,14-23H2,1-6H3/q+1. The molecule has 0 bridgehead atoms. The van der Waals surface area contributed by atoms with Crippen molar-refractivity contribution in [1.82, 2.24) is 0 Å². The van der Waals surface area contributed by atoms with Crippen molar-refractivity contribution in [2.45, 2.75) is 41.5 Å². The Bertz CT molecular complexity index is 1210. The van der Waals surface area contributed by atoms with Gasteiger partial charge in [-0.1, -0.05) is 0 Å². The molecule has 236 valence electrons. The Labute approximate surface area is 262 Å². The average molecular weight is 614 g/mol. The summed E-state index contributed by atoms with van der Waals surface area (Å²) in [5.74, 6) is 0. The molecule has 0 radical (unpaired) electrons. The van der Waals surface area contributed by atoms with Crippen LogP contribution in [0.25, 0.3) is 4.85 Å². The number of ether oxygens (including phenoxy) is 4. The zero-order chi connectivity index (χ0) is 31.5. The Morgan fingerprint density at radius 3 is 1.98 bits per heavy atom. The molecule has 2 rings (SSSR count). The number of likely N-dealkylation sites (N-methyl/N-ethyl adjacent to an activating group) is 2. The van der Waals surface area contributed by atoms with Gasteiger partial charge in [0.15, 0.2) is 0 Å². The molecule has 0 aliphatic rings. The van der Waals surface area contributed by atoms with Crippen molar-refractivity contribution in [2.75, 3.05) is 97.0 Å². The molecule has 0 aliphatic carbocycles. The normalized spacial score (nSPS) is 11.6. The molecule has 0 fully saturated rings. The lowest BCUT2D eigenvalue weighted by molar-refractivity contribution is -0.923. The average Bonchev–Trinajstić information content (AvgIpc) is 3.34. The van der Waals surface area contributed by atoms with Gasteiger partial charge in [-0.05, 0) is 70.9 Å². The summed E-state index contributed by atoms with van der Waals surface area (Å²) in [6, 6.07) is 8.16. The molecule has 43 heavy (non-hydrogen) atoms. The maximum Gasteiger partial charge on any atom is 0.247 e. The first-order chi connectivity index (χ1) is 20.9.